The number of nitrogens with one attached hydrogen (secondary N) is 1. The molecule has 7 heteroatoms. The summed E-state index contributed by atoms with van der Waals surface area (Å²) in [6.07, 6.45) is 1.52. The maximum absolute atomic E-state index is 13.5. The molecule has 20 heavy (non-hydrogen) atoms. The Balaban J connectivity index is 2.11. The molecule has 1 aromatic heterocycles. The molecule has 2 rings (SSSR count). The van der Waals surface area contributed by atoms with Gasteiger partial charge in [-0.25, -0.2) is 4.39 Å². The smallest absolute Gasteiger partial charge is 0.251 e. The van der Waals surface area contributed by atoms with Gasteiger partial charge in [-0.15, -0.1) is 0 Å². The van der Waals surface area contributed by atoms with Crippen LogP contribution in [0.2, 0.25) is 5.02 Å². The average molecular weight is 298 g/mol. The van der Waals surface area contributed by atoms with E-state index in [1.807, 2.05) is 0 Å². The SMILES string of the molecule is COCC(=O)Nc1nn(Cc2ccccc2F)cc1Cl. The van der Waals surface area contributed by atoms with Gasteiger partial charge in [0.15, 0.2) is 5.82 Å². The van der Waals surface area contributed by atoms with Crippen molar-refractivity contribution in [1.82, 2.24) is 9.78 Å². The number of rotatable bonds is 5. The molecule has 0 unspecified atom stereocenters. The number of aromatic nitrogens is 2. The lowest BCUT2D eigenvalue weighted by molar-refractivity contribution is -0.119. The second-order valence-electron chi connectivity index (χ2n) is 4.10. The summed E-state index contributed by atoms with van der Waals surface area (Å²) in [5.74, 6) is -0.445. The van der Waals surface area contributed by atoms with Crippen LogP contribution in [0.4, 0.5) is 10.2 Å². The number of carbonyl (C=O) groups excluding carboxylic acids is 1. The van der Waals surface area contributed by atoms with E-state index in [1.54, 1.807) is 18.2 Å². The molecule has 0 aliphatic heterocycles. The number of nitrogens with zero attached hydrogens (tertiary/aromatic N) is 2. The van der Waals surface area contributed by atoms with Crippen molar-refractivity contribution in [3.05, 3.63) is 46.9 Å². The van der Waals surface area contributed by atoms with Crippen LogP contribution in [0.5, 0.6) is 0 Å². The fourth-order valence-corrected chi connectivity index (χ4v) is 1.86. The Morgan fingerprint density at radius 3 is 2.95 bits per heavy atom. The van der Waals surface area contributed by atoms with Crippen molar-refractivity contribution in [2.45, 2.75) is 6.54 Å². The highest BCUT2D eigenvalue weighted by atomic mass is 35.5. The number of hydrogen-bond acceptors (Lipinski definition) is 3. The molecular formula is C13H13ClFN3O2. The van der Waals surface area contributed by atoms with Crippen LogP contribution in [0.25, 0.3) is 0 Å². The first-order valence-corrected chi connectivity index (χ1v) is 6.23. The highest BCUT2D eigenvalue weighted by Gasteiger charge is 2.11. The van der Waals surface area contributed by atoms with E-state index in [0.717, 1.165) is 0 Å². The highest BCUT2D eigenvalue weighted by molar-refractivity contribution is 6.33. The highest BCUT2D eigenvalue weighted by Crippen LogP contribution is 2.20. The Morgan fingerprint density at radius 2 is 2.25 bits per heavy atom. The molecule has 1 amide bonds. The molecule has 0 aliphatic rings. The monoisotopic (exact) mass is 297 g/mol. The summed E-state index contributed by atoms with van der Waals surface area (Å²) in [6, 6.07) is 6.39. The van der Waals surface area contributed by atoms with Gasteiger partial charge in [-0.1, -0.05) is 29.8 Å². The predicted octanol–water partition coefficient (Wildman–Crippen LogP) is 2.31. The number of methoxy groups -OCH3 is 1. The minimum Gasteiger partial charge on any atom is -0.375 e. The third-order valence-electron chi connectivity index (χ3n) is 2.54. The fraction of sp³-hybridized carbons (Fsp3) is 0.231. The summed E-state index contributed by atoms with van der Waals surface area (Å²) in [7, 11) is 1.41. The van der Waals surface area contributed by atoms with Gasteiger partial charge in [0.25, 0.3) is 5.91 Å². The molecule has 0 fully saturated rings. The number of ether oxygens (including phenoxy) is 1. The number of amides is 1. The van der Waals surface area contributed by atoms with Crippen LogP contribution in [0.3, 0.4) is 0 Å². The van der Waals surface area contributed by atoms with Crippen molar-refractivity contribution in [3.8, 4) is 0 Å². The van der Waals surface area contributed by atoms with E-state index >= 15 is 0 Å². The van der Waals surface area contributed by atoms with Crippen LogP contribution < -0.4 is 5.32 Å². The van der Waals surface area contributed by atoms with Crippen molar-refractivity contribution in [2.75, 3.05) is 19.0 Å². The molecule has 2 aromatic rings. The number of carbonyl (C=O) groups is 1. The molecule has 0 bridgehead atoms. The van der Waals surface area contributed by atoms with E-state index in [-0.39, 0.29) is 35.7 Å². The number of anilines is 1. The Kier molecular flexibility index (Phi) is 4.70. The van der Waals surface area contributed by atoms with E-state index in [0.29, 0.717) is 5.56 Å². The summed E-state index contributed by atoms with van der Waals surface area (Å²) in [5.41, 5.74) is 0.487. The maximum Gasteiger partial charge on any atom is 0.251 e. The molecule has 1 heterocycles. The van der Waals surface area contributed by atoms with E-state index in [9.17, 15) is 9.18 Å². The Hall–Kier alpha value is -1.92. The van der Waals surface area contributed by atoms with Crippen LogP contribution in [-0.4, -0.2) is 29.4 Å². The van der Waals surface area contributed by atoms with Crippen molar-refractivity contribution in [2.24, 2.45) is 0 Å². The first-order chi connectivity index (χ1) is 9.60. The van der Waals surface area contributed by atoms with E-state index < -0.39 is 0 Å². The van der Waals surface area contributed by atoms with E-state index in [1.165, 1.54) is 24.1 Å². The van der Waals surface area contributed by atoms with Gasteiger partial charge in [0.2, 0.25) is 0 Å². The topological polar surface area (TPSA) is 56.1 Å². The second-order valence-corrected chi connectivity index (χ2v) is 4.50. The summed E-state index contributed by atoms with van der Waals surface area (Å²) in [5, 5.41) is 6.89. The van der Waals surface area contributed by atoms with Crippen molar-refractivity contribution >= 4 is 23.3 Å². The largest absolute Gasteiger partial charge is 0.375 e. The second kappa shape index (κ2) is 6.49. The first-order valence-electron chi connectivity index (χ1n) is 5.85. The molecule has 5 nitrogen and oxygen atoms in total. The Labute approximate surface area is 120 Å². The van der Waals surface area contributed by atoms with Gasteiger partial charge in [0.1, 0.15) is 17.4 Å². The predicted molar refractivity (Wildman–Crippen MR) is 73.2 cm³/mol. The third-order valence-corrected chi connectivity index (χ3v) is 2.82. The first kappa shape index (κ1) is 14.5. The maximum atomic E-state index is 13.5. The molecule has 0 atom stereocenters. The lowest BCUT2D eigenvalue weighted by Gasteiger charge is -2.03. The normalized spacial score (nSPS) is 10.6. The fourth-order valence-electron chi connectivity index (χ4n) is 1.66. The van der Waals surface area contributed by atoms with Gasteiger partial charge >= 0.3 is 0 Å². The molecule has 0 spiro atoms. The molecular weight excluding hydrogens is 285 g/mol. The zero-order valence-corrected chi connectivity index (χ0v) is 11.5. The van der Waals surface area contributed by atoms with Crippen LogP contribution in [0, 0.1) is 5.82 Å². The van der Waals surface area contributed by atoms with Crippen LogP contribution in [0.15, 0.2) is 30.5 Å². The van der Waals surface area contributed by atoms with E-state index in [2.05, 4.69) is 10.4 Å². The summed E-state index contributed by atoms with van der Waals surface area (Å²) < 4.78 is 19.7. The molecule has 0 saturated heterocycles. The summed E-state index contributed by atoms with van der Waals surface area (Å²) in [4.78, 5) is 11.4. The number of hydrogen-bond donors (Lipinski definition) is 1. The molecule has 0 radical (unpaired) electrons. The zero-order valence-electron chi connectivity index (χ0n) is 10.8. The van der Waals surface area contributed by atoms with Gasteiger partial charge < -0.3 is 10.1 Å². The third kappa shape index (κ3) is 3.55. The van der Waals surface area contributed by atoms with Crippen molar-refractivity contribution in [3.63, 3.8) is 0 Å². The van der Waals surface area contributed by atoms with Crippen LogP contribution >= 0.6 is 11.6 Å². The van der Waals surface area contributed by atoms with Crippen molar-refractivity contribution < 1.29 is 13.9 Å². The Morgan fingerprint density at radius 1 is 1.50 bits per heavy atom. The average Bonchev–Trinajstić information content (AvgIpc) is 2.73. The van der Waals surface area contributed by atoms with Gasteiger partial charge in [0.05, 0.1) is 6.54 Å². The number of halogens is 2. The lowest BCUT2D eigenvalue weighted by atomic mass is 10.2. The molecule has 0 aliphatic carbocycles. The van der Waals surface area contributed by atoms with Crippen LogP contribution in [0.1, 0.15) is 5.56 Å². The summed E-state index contributed by atoms with van der Waals surface area (Å²) >= 11 is 5.96. The van der Waals surface area contributed by atoms with Gasteiger partial charge in [0, 0.05) is 18.9 Å². The van der Waals surface area contributed by atoms with E-state index in [4.69, 9.17) is 16.3 Å². The molecule has 106 valence electrons. The standard InChI is InChI=1S/C13H13ClFN3O2/c1-20-8-12(19)16-13-10(14)7-18(17-13)6-9-4-2-3-5-11(9)15/h2-5,7H,6,8H2,1H3,(H,16,17,19). The number of benzene rings is 1. The Bertz CT molecular complexity index is 615. The minimum absolute atomic E-state index is 0.0868. The molecule has 1 aromatic carbocycles. The van der Waals surface area contributed by atoms with Crippen LogP contribution in [-0.2, 0) is 16.1 Å². The van der Waals surface area contributed by atoms with Gasteiger partial charge in [-0.05, 0) is 6.07 Å². The van der Waals surface area contributed by atoms with Gasteiger partial charge in [-0.2, -0.15) is 5.10 Å². The minimum atomic E-state index is -0.356. The molecule has 0 saturated carbocycles. The lowest BCUT2D eigenvalue weighted by Crippen LogP contribution is -2.18. The van der Waals surface area contributed by atoms with Crippen molar-refractivity contribution in [1.29, 1.82) is 0 Å². The van der Waals surface area contributed by atoms with Gasteiger partial charge in [-0.3, -0.25) is 9.48 Å². The summed E-state index contributed by atoms with van der Waals surface area (Å²) in [6.45, 7) is 0.142. The quantitative estimate of drug-likeness (QED) is 0.921. The molecule has 1 N–H and O–H groups in total. The zero-order chi connectivity index (χ0) is 14.5.